The molecule has 1 N–H and O–H groups in total. The minimum absolute atomic E-state index is 0.0947. The molecule has 1 amide bonds. The molecule has 2 rings (SSSR count). The van der Waals surface area contributed by atoms with Crippen LogP contribution in [0.5, 0.6) is 0 Å². The number of nitrogens with one attached hydrogen (secondary N) is 1. The maximum atomic E-state index is 12.5. The first-order valence-corrected chi connectivity index (χ1v) is 6.72. The summed E-state index contributed by atoms with van der Waals surface area (Å²) in [7, 11) is 1.80. The quantitative estimate of drug-likeness (QED) is 0.863. The predicted molar refractivity (Wildman–Crippen MR) is 74.0 cm³/mol. The van der Waals surface area contributed by atoms with Crippen molar-refractivity contribution in [3.8, 4) is 0 Å². The monoisotopic (exact) mass is 263 g/mol. The van der Waals surface area contributed by atoms with E-state index in [0.29, 0.717) is 13.2 Å². The number of pyridine rings is 1. The van der Waals surface area contributed by atoms with Crippen molar-refractivity contribution in [1.29, 1.82) is 0 Å². The topological polar surface area (TPSA) is 54.5 Å². The highest BCUT2D eigenvalue weighted by molar-refractivity contribution is 5.95. The minimum Gasteiger partial charge on any atom is -0.379 e. The number of hydrogen-bond donors (Lipinski definition) is 1. The second kappa shape index (κ2) is 6.63. The number of nitrogens with zero attached hydrogens (tertiary/aromatic N) is 2. The molecule has 0 bridgehead atoms. The van der Waals surface area contributed by atoms with Crippen molar-refractivity contribution in [3.05, 3.63) is 24.5 Å². The van der Waals surface area contributed by atoms with Crippen molar-refractivity contribution in [2.45, 2.75) is 19.4 Å². The summed E-state index contributed by atoms with van der Waals surface area (Å²) in [6.45, 7) is 4.13. The van der Waals surface area contributed by atoms with Crippen molar-refractivity contribution in [3.63, 3.8) is 0 Å². The van der Waals surface area contributed by atoms with Crippen LogP contribution in [0.15, 0.2) is 24.5 Å². The third-order valence-electron chi connectivity index (χ3n) is 3.43. The molecule has 104 valence electrons. The maximum Gasteiger partial charge on any atom is 0.233 e. The van der Waals surface area contributed by atoms with Crippen LogP contribution < -0.4 is 10.2 Å². The molecule has 2 unspecified atom stereocenters. The lowest BCUT2D eigenvalue weighted by molar-refractivity contribution is -0.122. The van der Waals surface area contributed by atoms with Crippen LogP contribution in [0.25, 0.3) is 0 Å². The van der Waals surface area contributed by atoms with Crippen molar-refractivity contribution < 1.29 is 9.53 Å². The molecule has 5 nitrogen and oxygen atoms in total. The van der Waals surface area contributed by atoms with E-state index in [4.69, 9.17) is 4.74 Å². The van der Waals surface area contributed by atoms with Gasteiger partial charge >= 0.3 is 0 Å². The zero-order chi connectivity index (χ0) is 13.7. The Morgan fingerprint density at radius 2 is 2.21 bits per heavy atom. The van der Waals surface area contributed by atoms with E-state index < -0.39 is 0 Å². The largest absolute Gasteiger partial charge is 0.379 e. The van der Waals surface area contributed by atoms with Crippen LogP contribution >= 0.6 is 0 Å². The number of carbonyl (C=O) groups excluding carboxylic acids is 1. The predicted octanol–water partition coefficient (Wildman–Crippen LogP) is 1.06. The van der Waals surface area contributed by atoms with Crippen molar-refractivity contribution in [2.24, 2.45) is 5.92 Å². The van der Waals surface area contributed by atoms with E-state index in [-0.39, 0.29) is 17.9 Å². The van der Waals surface area contributed by atoms with Crippen LogP contribution in [0.2, 0.25) is 0 Å². The second-order valence-corrected chi connectivity index (χ2v) is 4.81. The van der Waals surface area contributed by atoms with Crippen LogP contribution in [-0.4, -0.2) is 43.7 Å². The fraction of sp³-hybridized carbons (Fsp3) is 0.571. The zero-order valence-electron chi connectivity index (χ0n) is 11.5. The summed E-state index contributed by atoms with van der Waals surface area (Å²) >= 11 is 0. The fourth-order valence-electron chi connectivity index (χ4n) is 2.27. The van der Waals surface area contributed by atoms with Gasteiger partial charge in [0.15, 0.2) is 0 Å². The van der Waals surface area contributed by atoms with Crippen molar-refractivity contribution in [2.75, 3.05) is 31.7 Å². The van der Waals surface area contributed by atoms with Gasteiger partial charge < -0.3 is 15.0 Å². The Balaban J connectivity index is 2.02. The molecule has 2 heterocycles. The van der Waals surface area contributed by atoms with Crippen LogP contribution in [0, 0.1) is 5.92 Å². The number of hydrogen-bond acceptors (Lipinski definition) is 4. The third kappa shape index (κ3) is 3.30. The van der Waals surface area contributed by atoms with Gasteiger partial charge in [-0.3, -0.25) is 9.78 Å². The molecule has 0 aromatic carbocycles. The van der Waals surface area contributed by atoms with Crippen molar-refractivity contribution >= 4 is 11.6 Å². The molecule has 1 aromatic heterocycles. The molecule has 1 aliphatic rings. The Morgan fingerprint density at radius 1 is 1.47 bits per heavy atom. The summed E-state index contributed by atoms with van der Waals surface area (Å²) < 4.78 is 5.45. The summed E-state index contributed by atoms with van der Waals surface area (Å²) in [5.41, 5.74) is 0.862. The first-order chi connectivity index (χ1) is 9.24. The molecule has 0 aliphatic carbocycles. The molecule has 0 spiro atoms. The summed E-state index contributed by atoms with van der Waals surface area (Å²) in [4.78, 5) is 18.2. The standard InChI is InChI=1S/C14H21N3O2/c1-3-6-16-13-10-19-9-12(13)14(18)17(2)11-4-7-15-8-5-11/h4-5,7-8,12-13,16H,3,6,9-10H2,1-2H3. The highest BCUT2D eigenvalue weighted by Gasteiger charge is 2.35. The van der Waals surface area contributed by atoms with E-state index in [9.17, 15) is 4.79 Å². The number of carbonyl (C=O) groups is 1. The zero-order valence-corrected chi connectivity index (χ0v) is 11.5. The fourth-order valence-corrected chi connectivity index (χ4v) is 2.27. The van der Waals surface area contributed by atoms with Crippen LogP contribution in [0.4, 0.5) is 5.69 Å². The number of anilines is 1. The Labute approximate surface area is 114 Å². The molecule has 2 atom stereocenters. The van der Waals surface area contributed by atoms with Gasteiger partial charge in [-0.25, -0.2) is 0 Å². The van der Waals surface area contributed by atoms with Gasteiger partial charge in [-0.2, -0.15) is 0 Å². The molecule has 5 heteroatoms. The van der Waals surface area contributed by atoms with E-state index >= 15 is 0 Å². The van der Waals surface area contributed by atoms with E-state index in [1.807, 2.05) is 12.1 Å². The molecule has 1 fully saturated rings. The number of amides is 1. The third-order valence-corrected chi connectivity index (χ3v) is 3.43. The van der Waals surface area contributed by atoms with Gasteiger partial charge in [-0.1, -0.05) is 6.92 Å². The van der Waals surface area contributed by atoms with Crippen LogP contribution in [0.3, 0.4) is 0 Å². The Bertz CT molecular complexity index is 410. The normalized spacial score (nSPS) is 22.4. The van der Waals surface area contributed by atoms with Crippen LogP contribution in [-0.2, 0) is 9.53 Å². The molecule has 0 radical (unpaired) electrons. The van der Waals surface area contributed by atoms with Gasteiger partial charge in [0.25, 0.3) is 0 Å². The number of ether oxygens (including phenoxy) is 1. The number of rotatable bonds is 5. The van der Waals surface area contributed by atoms with Gasteiger partial charge in [0.2, 0.25) is 5.91 Å². The van der Waals surface area contributed by atoms with Crippen LogP contribution in [0.1, 0.15) is 13.3 Å². The number of aromatic nitrogens is 1. The Hall–Kier alpha value is -1.46. The summed E-state index contributed by atoms with van der Waals surface area (Å²) in [5, 5.41) is 3.38. The lowest BCUT2D eigenvalue weighted by Crippen LogP contribution is -2.45. The first kappa shape index (κ1) is 14.0. The van der Waals surface area contributed by atoms with E-state index in [1.54, 1.807) is 24.3 Å². The average Bonchev–Trinajstić information content (AvgIpc) is 2.92. The lowest BCUT2D eigenvalue weighted by atomic mass is 10.0. The molecular formula is C14H21N3O2. The molecular weight excluding hydrogens is 242 g/mol. The first-order valence-electron chi connectivity index (χ1n) is 6.72. The molecule has 19 heavy (non-hydrogen) atoms. The SMILES string of the molecule is CCCNC1COCC1C(=O)N(C)c1ccncc1. The molecule has 1 aliphatic heterocycles. The smallest absolute Gasteiger partial charge is 0.233 e. The van der Waals surface area contributed by atoms with Gasteiger partial charge in [0.1, 0.15) is 0 Å². The summed E-state index contributed by atoms with van der Waals surface area (Å²) in [6, 6.07) is 3.79. The van der Waals surface area contributed by atoms with Gasteiger partial charge in [-0.15, -0.1) is 0 Å². The Kier molecular flexibility index (Phi) is 4.87. The van der Waals surface area contributed by atoms with Gasteiger partial charge in [-0.05, 0) is 25.1 Å². The van der Waals surface area contributed by atoms with Gasteiger partial charge in [0, 0.05) is 31.2 Å². The summed E-state index contributed by atoms with van der Waals surface area (Å²) in [6.07, 6.45) is 4.44. The Morgan fingerprint density at radius 3 is 2.89 bits per heavy atom. The van der Waals surface area contributed by atoms with E-state index in [0.717, 1.165) is 18.7 Å². The lowest BCUT2D eigenvalue weighted by Gasteiger charge is -2.24. The minimum atomic E-state index is -0.107. The highest BCUT2D eigenvalue weighted by Crippen LogP contribution is 2.20. The average molecular weight is 263 g/mol. The highest BCUT2D eigenvalue weighted by atomic mass is 16.5. The molecule has 1 aromatic rings. The maximum absolute atomic E-state index is 12.5. The van der Waals surface area contributed by atoms with E-state index in [2.05, 4.69) is 17.2 Å². The summed E-state index contributed by atoms with van der Waals surface area (Å²) in [5.74, 6) is -0.0120. The van der Waals surface area contributed by atoms with Crippen molar-refractivity contribution in [1.82, 2.24) is 10.3 Å². The molecule has 0 saturated carbocycles. The second-order valence-electron chi connectivity index (χ2n) is 4.81. The van der Waals surface area contributed by atoms with E-state index in [1.165, 1.54) is 0 Å². The van der Waals surface area contributed by atoms with Gasteiger partial charge in [0.05, 0.1) is 19.1 Å². The molecule has 1 saturated heterocycles.